The average Bonchev–Trinajstić information content (AvgIpc) is 2.95. The van der Waals surface area contributed by atoms with Crippen molar-refractivity contribution in [2.24, 2.45) is 0 Å². The van der Waals surface area contributed by atoms with E-state index in [1.165, 1.54) is 6.42 Å². The molecule has 5 heteroatoms. The van der Waals surface area contributed by atoms with Crippen LogP contribution in [0.5, 0.6) is 5.75 Å². The number of ether oxygens (including phenoxy) is 1. The lowest BCUT2D eigenvalue weighted by Gasteiger charge is -2.09. The van der Waals surface area contributed by atoms with E-state index >= 15 is 0 Å². The van der Waals surface area contributed by atoms with Gasteiger partial charge in [0.05, 0.1) is 18.3 Å². The zero-order chi connectivity index (χ0) is 18.8. The summed E-state index contributed by atoms with van der Waals surface area (Å²) in [6.45, 7) is 4.82. The van der Waals surface area contributed by atoms with Crippen molar-refractivity contribution < 1.29 is 14.3 Å². The number of carbonyl (C=O) groups is 2. The third-order valence-electron chi connectivity index (χ3n) is 3.65. The van der Waals surface area contributed by atoms with Gasteiger partial charge in [0.15, 0.2) is 10.9 Å². The highest BCUT2D eigenvalue weighted by Gasteiger charge is 2.31. The summed E-state index contributed by atoms with van der Waals surface area (Å²) in [7, 11) is 0. The molecule has 4 nitrogen and oxygen atoms in total. The SMILES string of the molecule is CCC.O=C1CC(=O)C(Cc2ccc(OCCc3ccccn3)cc2)S1. The lowest BCUT2D eigenvalue weighted by molar-refractivity contribution is -0.121. The largest absolute Gasteiger partial charge is 0.493 e. The zero-order valence-corrected chi connectivity index (χ0v) is 16.1. The van der Waals surface area contributed by atoms with Crippen LogP contribution in [0.15, 0.2) is 48.7 Å². The molecule has 3 rings (SSSR count). The summed E-state index contributed by atoms with van der Waals surface area (Å²) < 4.78 is 5.71. The summed E-state index contributed by atoms with van der Waals surface area (Å²) in [5.74, 6) is 0.835. The number of Topliss-reactive ketones (excluding diaryl/α,β-unsaturated/α-hetero) is 1. The second kappa shape index (κ2) is 10.8. The maximum Gasteiger partial charge on any atom is 0.197 e. The molecule has 2 heterocycles. The lowest BCUT2D eigenvalue weighted by atomic mass is 10.1. The van der Waals surface area contributed by atoms with Crippen LogP contribution in [-0.2, 0) is 22.4 Å². The van der Waals surface area contributed by atoms with E-state index in [2.05, 4.69) is 18.8 Å². The first-order valence-electron chi connectivity index (χ1n) is 8.96. The molecule has 1 aromatic heterocycles. The Morgan fingerprint density at radius 2 is 1.85 bits per heavy atom. The maximum atomic E-state index is 11.7. The van der Waals surface area contributed by atoms with Crippen LogP contribution in [0.3, 0.4) is 0 Å². The Labute approximate surface area is 159 Å². The van der Waals surface area contributed by atoms with Gasteiger partial charge in [-0.15, -0.1) is 0 Å². The number of benzene rings is 1. The molecule has 0 radical (unpaired) electrons. The Morgan fingerprint density at radius 3 is 2.42 bits per heavy atom. The van der Waals surface area contributed by atoms with Crippen molar-refractivity contribution in [3.8, 4) is 5.75 Å². The second-order valence-electron chi connectivity index (χ2n) is 6.10. The summed E-state index contributed by atoms with van der Waals surface area (Å²) in [5.41, 5.74) is 2.05. The van der Waals surface area contributed by atoms with Crippen LogP contribution < -0.4 is 4.74 Å². The van der Waals surface area contributed by atoms with Crippen LogP contribution in [0.1, 0.15) is 37.9 Å². The number of ketones is 1. The molecule has 2 aromatic rings. The molecule has 1 atom stereocenters. The Kier molecular flexibility index (Phi) is 8.35. The molecule has 0 amide bonds. The predicted molar refractivity (Wildman–Crippen MR) is 106 cm³/mol. The van der Waals surface area contributed by atoms with Crippen molar-refractivity contribution in [2.45, 2.75) is 44.8 Å². The molecule has 0 bridgehead atoms. The van der Waals surface area contributed by atoms with E-state index in [9.17, 15) is 9.59 Å². The number of nitrogens with zero attached hydrogens (tertiary/aromatic N) is 1. The highest BCUT2D eigenvalue weighted by Crippen LogP contribution is 2.28. The van der Waals surface area contributed by atoms with Crippen molar-refractivity contribution in [1.82, 2.24) is 4.98 Å². The molecule has 26 heavy (non-hydrogen) atoms. The highest BCUT2D eigenvalue weighted by molar-refractivity contribution is 8.15. The van der Waals surface area contributed by atoms with Gasteiger partial charge in [-0.3, -0.25) is 14.6 Å². The van der Waals surface area contributed by atoms with Gasteiger partial charge in [-0.2, -0.15) is 0 Å². The minimum atomic E-state index is -0.224. The van der Waals surface area contributed by atoms with Gasteiger partial charge in [-0.25, -0.2) is 0 Å². The minimum absolute atomic E-state index is 0.0190. The van der Waals surface area contributed by atoms with Gasteiger partial charge in [-0.1, -0.05) is 50.2 Å². The van der Waals surface area contributed by atoms with Crippen molar-refractivity contribution in [3.63, 3.8) is 0 Å². The van der Waals surface area contributed by atoms with Gasteiger partial charge in [-0.05, 0) is 36.2 Å². The fourth-order valence-electron chi connectivity index (χ4n) is 2.43. The van der Waals surface area contributed by atoms with E-state index in [4.69, 9.17) is 4.74 Å². The minimum Gasteiger partial charge on any atom is -0.493 e. The Balaban J connectivity index is 0.000000758. The van der Waals surface area contributed by atoms with Gasteiger partial charge in [0.2, 0.25) is 0 Å². The van der Waals surface area contributed by atoms with E-state index in [0.29, 0.717) is 13.0 Å². The molecule has 1 aromatic carbocycles. The second-order valence-corrected chi connectivity index (χ2v) is 7.36. The van der Waals surface area contributed by atoms with Crippen molar-refractivity contribution in [1.29, 1.82) is 0 Å². The van der Waals surface area contributed by atoms with E-state index < -0.39 is 0 Å². The maximum absolute atomic E-state index is 11.7. The molecule has 1 aliphatic rings. The summed E-state index contributed by atoms with van der Waals surface area (Å²) in [4.78, 5) is 27.2. The van der Waals surface area contributed by atoms with Crippen LogP contribution in [0.4, 0.5) is 0 Å². The van der Waals surface area contributed by atoms with Gasteiger partial charge in [0.1, 0.15) is 5.75 Å². The van der Waals surface area contributed by atoms with Gasteiger partial charge >= 0.3 is 0 Å². The molecule has 1 saturated heterocycles. The van der Waals surface area contributed by atoms with E-state index in [1.807, 2.05) is 42.5 Å². The molecule has 138 valence electrons. The standard InChI is InChI=1S/C18H17NO3S.C3H8/c20-16-12-18(21)23-17(16)11-13-4-6-15(7-5-13)22-10-8-14-3-1-2-9-19-14;1-3-2/h1-7,9,17H,8,10-12H2;3H2,1-2H3. The Hall–Kier alpha value is -2.14. The third-order valence-corrected chi connectivity index (χ3v) is 4.77. The molecular formula is C21H25NO3S. The molecule has 0 N–H and O–H groups in total. The first-order chi connectivity index (χ1) is 12.6. The smallest absolute Gasteiger partial charge is 0.197 e. The summed E-state index contributed by atoms with van der Waals surface area (Å²) >= 11 is 1.16. The molecule has 0 aliphatic carbocycles. The third kappa shape index (κ3) is 6.64. The van der Waals surface area contributed by atoms with E-state index in [0.717, 1.165) is 35.2 Å². The number of thioether (sulfide) groups is 1. The van der Waals surface area contributed by atoms with Crippen LogP contribution in [-0.4, -0.2) is 27.7 Å². The van der Waals surface area contributed by atoms with Crippen LogP contribution in [0.2, 0.25) is 0 Å². The number of hydrogen-bond donors (Lipinski definition) is 0. The fraction of sp³-hybridized carbons (Fsp3) is 0.381. The fourth-order valence-corrected chi connectivity index (χ4v) is 3.47. The van der Waals surface area contributed by atoms with E-state index in [1.54, 1.807) is 6.20 Å². The quantitative estimate of drug-likeness (QED) is 0.710. The van der Waals surface area contributed by atoms with Crippen LogP contribution >= 0.6 is 11.8 Å². The monoisotopic (exact) mass is 371 g/mol. The van der Waals surface area contributed by atoms with Gasteiger partial charge < -0.3 is 4.74 Å². The number of rotatable bonds is 6. The molecule has 0 saturated carbocycles. The van der Waals surface area contributed by atoms with Crippen LogP contribution in [0.25, 0.3) is 0 Å². The summed E-state index contributed by atoms with van der Waals surface area (Å²) in [6, 6.07) is 13.5. The van der Waals surface area contributed by atoms with Crippen molar-refractivity contribution >= 4 is 22.7 Å². The highest BCUT2D eigenvalue weighted by atomic mass is 32.2. The first-order valence-corrected chi connectivity index (χ1v) is 9.84. The molecule has 1 aliphatic heterocycles. The number of aromatic nitrogens is 1. The van der Waals surface area contributed by atoms with Gasteiger partial charge in [0, 0.05) is 18.3 Å². The van der Waals surface area contributed by atoms with Crippen molar-refractivity contribution in [3.05, 3.63) is 59.9 Å². The topological polar surface area (TPSA) is 56.3 Å². The molecule has 1 fully saturated rings. The zero-order valence-electron chi connectivity index (χ0n) is 15.3. The summed E-state index contributed by atoms with van der Waals surface area (Å²) in [6.07, 6.45) is 4.46. The van der Waals surface area contributed by atoms with Gasteiger partial charge in [0.25, 0.3) is 0 Å². The van der Waals surface area contributed by atoms with Crippen LogP contribution in [0, 0.1) is 0 Å². The normalized spacial score (nSPS) is 16.2. The molecule has 1 unspecified atom stereocenters. The van der Waals surface area contributed by atoms with Crippen molar-refractivity contribution in [2.75, 3.05) is 6.61 Å². The Bertz CT molecular complexity index is 701. The Morgan fingerprint density at radius 1 is 1.12 bits per heavy atom. The predicted octanol–water partition coefficient (Wildman–Crippen LogP) is 4.26. The number of carbonyl (C=O) groups excluding carboxylic acids is 2. The number of pyridine rings is 1. The average molecular weight is 372 g/mol. The molecular weight excluding hydrogens is 346 g/mol. The molecule has 0 spiro atoms. The lowest BCUT2D eigenvalue weighted by Crippen LogP contribution is -2.13. The van der Waals surface area contributed by atoms with E-state index in [-0.39, 0.29) is 22.6 Å². The summed E-state index contributed by atoms with van der Waals surface area (Å²) in [5, 5.41) is -0.243. The first kappa shape index (κ1) is 20.2. The number of hydrogen-bond acceptors (Lipinski definition) is 5.